The van der Waals surface area contributed by atoms with Gasteiger partial charge in [-0.15, -0.1) is 0 Å². The smallest absolute Gasteiger partial charge is 0.270 e. The molecule has 0 radical (unpaired) electrons. The largest absolute Gasteiger partial charge is 0.488 e. The maximum Gasteiger partial charge on any atom is 0.270 e. The lowest BCUT2D eigenvalue weighted by molar-refractivity contribution is -0.384. The summed E-state index contributed by atoms with van der Waals surface area (Å²) in [6.07, 6.45) is 1.33. The average molecular weight is 488 g/mol. The van der Waals surface area contributed by atoms with Crippen LogP contribution in [0.4, 0.5) is 5.69 Å². The number of ether oxygens (including phenoxy) is 1. The Balaban J connectivity index is 1.91. The maximum atomic E-state index is 12.8. The predicted octanol–water partition coefficient (Wildman–Crippen LogP) is 6.92. The Kier molecular flexibility index (Phi) is 7.49. The molecule has 0 N–H and O–H groups in total. The average Bonchev–Trinajstić information content (AvgIpc) is 2.78. The Bertz CT molecular complexity index is 1280. The van der Waals surface area contributed by atoms with E-state index in [4.69, 9.17) is 39.5 Å². The van der Waals surface area contributed by atoms with Crippen molar-refractivity contribution in [1.29, 1.82) is 5.26 Å². The molecule has 0 aliphatic heterocycles. The van der Waals surface area contributed by atoms with E-state index in [2.05, 4.69) is 0 Å². The zero-order valence-electron chi connectivity index (χ0n) is 16.2. The van der Waals surface area contributed by atoms with E-state index in [1.807, 2.05) is 6.07 Å². The van der Waals surface area contributed by atoms with Gasteiger partial charge < -0.3 is 4.74 Å². The lowest BCUT2D eigenvalue weighted by Gasteiger charge is -2.11. The van der Waals surface area contributed by atoms with Crippen LogP contribution >= 0.6 is 34.8 Å². The minimum Gasteiger partial charge on any atom is -0.488 e. The summed E-state index contributed by atoms with van der Waals surface area (Å²) in [5.41, 5.74) is 0.700. The van der Waals surface area contributed by atoms with Crippen molar-refractivity contribution < 1.29 is 14.5 Å². The molecule has 0 aliphatic rings. The lowest BCUT2D eigenvalue weighted by Crippen LogP contribution is -2.03. The highest BCUT2D eigenvalue weighted by Gasteiger charge is 2.17. The van der Waals surface area contributed by atoms with Crippen molar-refractivity contribution in [2.24, 2.45) is 0 Å². The number of Topliss-reactive ketones (excluding diaryl/α,β-unsaturated/α-hetero) is 1. The highest BCUT2D eigenvalue weighted by Crippen LogP contribution is 2.28. The van der Waals surface area contributed by atoms with Crippen LogP contribution in [0.3, 0.4) is 0 Å². The number of carbonyl (C=O) groups excluding carboxylic acids is 1. The van der Waals surface area contributed by atoms with E-state index in [0.717, 1.165) is 11.6 Å². The number of non-ortho nitro benzene ring substituents is 1. The highest BCUT2D eigenvalue weighted by atomic mass is 35.5. The van der Waals surface area contributed by atoms with Crippen molar-refractivity contribution in [3.8, 4) is 11.8 Å². The molecule has 3 rings (SSSR count). The van der Waals surface area contributed by atoms with E-state index in [1.165, 1.54) is 24.3 Å². The van der Waals surface area contributed by atoms with Crippen molar-refractivity contribution in [1.82, 2.24) is 0 Å². The summed E-state index contributed by atoms with van der Waals surface area (Å²) >= 11 is 18.0. The fraction of sp³-hybridized carbons (Fsp3) is 0.0435. The van der Waals surface area contributed by atoms with Crippen LogP contribution in [0.1, 0.15) is 21.5 Å². The molecule has 3 aromatic rings. The minimum absolute atomic E-state index is 0.0207. The second kappa shape index (κ2) is 10.3. The van der Waals surface area contributed by atoms with Gasteiger partial charge in [-0.3, -0.25) is 14.9 Å². The van der Waals surface area contributed by atoms with Gasteiger partial charge in [0, 0.05) is 28.3 Å². The zero-order valence-corrected chi connectivity index (χ0v) is 18.5. The molecule has 32 heavy (non-hydrogen) atoms. The first-order chi connectivity index (χ1) is 15.3. The fourth-order valence-corrected chi connectivity index (χ4v) is 3.28. The van der Waals surface area contributed by atoms with Crippen molar-refractivity contribution in [2.75, 3.05) is 0 Å². The molecule has 0 bridgehead atoms. The second-order valence-electron chi connectivity index (χ2n) is 6.53. The van der Waals surface area contributed by atoms with E-state index in [1.54, 1.807) is 36.4 Å². The Morgan fingerprint density at radius 2 is 1.84 bits per heavy atom. The molecule has 0 saturated heterocycles. The van der Waals surface area contributed by atoms with Gasteiger partial charge >= 0.3 is 0 Å². The van der Waals surface area contributed by atoms with E-state index in [-0.39, 0.29) is 23.4 Å². The van der Waals surface area contributed by atoms with Gasteiger partial charge in [0.2, 0.25) is 5.78 Å². The summed E-state index contributed by atoms with van der Waals surface area (Å²) in [5.74, 6) is -0.285. The Labute approximate surface area is 198 Å². The normalized spacial score (nSPS) is 11.0. The zero-order chi connectivity index (χ0) is 23.3. The van der Waals surface area contributed by atoms with Crippen LogP contribution in [0.25, 0.3) is 6.08 Å². The van der Waals surface area contributed by atoms with Crippen molar-refractivity contribution in [3.05, 3.63) is 108 Å². The van der Waals surface area contributed by atoms with Gasteiger partial charge in [0.1, 0.15) is 24.0 Å². The van der Waals surface area contributed by atoms with Gasteiger partial charge in [-0.05, 0) is 42.0 Å². The summed E-state index contributed by atoms with van der Waals surface area (Å²) in [5, 5.41) is 21.7. The van der Waals surface area contributed by atoms with Gasteiger partial charge in [-0.2, -0.15) is 5.26 Å². The Morgan fingerprint density at radius 3 is 2.53 bits per heavy atom. The van der Waals surface area contributed by atoms with Gasteiger partial charge in [0.15, 0.2) is 0 Å². The van der Waals surface area contributed by atoms with Crippen molar-refractivity contribution in [2.45, 2.75) is 6.61 Å². The fourth-order valence-electron chi connectivity index (χ4n) is 2.77. The number of nitro benzene ring substituents is 1. The number of rotatable bonds is 7. The number of hydrogen-bond acceptors (Lipinski definition) is 5. The van der Waals surface area contributed by atoms with E-state index < -0.39 is 10.7 Å². The number of hydrogen-bond donors (Lipinski definition) is 0. The summed E-state index contributed by atoms with van der Waals surface area (Å²) < 4.78 is 5.84. The summed E-state index contributed by atoms with van der Waals surface area (Å²) in [6, 6.07) is 16.8. The molecule has 0 heterocycles. The molecular weight excluding hydrogens is 475 g/mol. The molecule has 0 aliphatic carbocycles. The number of nitro groups is 1. The van der Waals surface area contributed by atoms with Crippen LogP contribution in [0.2, 0.25) is 15.1 Å². The highest BCUT2D eigenvalue weighted by molar-refractivity contribution is 6.42. The van der Waals surface area contributed by atoms with Crippen molar-refractivity contribution >= 4 is 52.3 Å². The monoisotopic (exact) mass is 486 g/mol. The van der Waals surface area contributed by atoms with Crippen molar-refractivity contribution in [3.63, 3.8) is 0 Å². The molecule has 0 aromatic heterocycles. The molecule has 0 unspecified atom stereocenters. The van der Waals surface area contributed by atoms with Crippen LogP contribution in [0.15, 0.2) is 66.2 Å². The quantitative estimate of drug-likeness (QED) is 0.118. The third-order valence-corrected chi connectivity index (χ3v) is 5.31. The first-order valence-electron chi connectivity index (χ1n) is 9.05. The van der Waals surface area contributed by atoms with Crippen LogP contribution < -0.4 is 4.74 Å². The van der Waals surface area contributed by atoms with Crippen LogP contribution in [-0.4, -0.2) is 10.7 Å². The van der Waals surface area contributed by atoms with E-state index in [9.17, 15) is 20.2 Å². The third kappa shape index (κ3) is 5.65. The number of nitriles is 1. The number of carbonyl (C=O) groups is 1. The molecule has 160 valence electrons. The van der Waals surface area contributed by atoms with E-state index >= 15 is 0 Å². The molecular formula is C23H13Cl3N2O4. The van der Waals surface area contributed by atoms with Gasteiger partial charge in [0.05, 0.1) is 15.0 Å². The lowest BCUT2D eigenvalue weighted by atomic mass is 10.0. The summed E-state index contributed by atoms with van der Waals surface area (Å²) in [6.45, 7) is 0.153. The molecule has 0 amide bonds. The first-order valence-corrected chi connectivity index (χ1v) is 10.2. The topological polar surface area (TPSA) is 93.2 Å². The minimum atomic E-state index is -0.661. The SMILES string of the molecule is N#CC(=Cc1cc(Cl)ccc1OCc1ccc(Cl)c(Cl)c1)C(=O)c1cccc([N+](=O)[O-])c1. The third-order valence-electron chi connectivity index (χ3n) is 4.33. The van der Waals surface area contributed by atoms with Crippen LogP contribution in [0.5, 0.6) is 5.75 Å². The second-order valence-corrected chi connectivity index (χ2v) is 7.78. The number of halogens is 3. The molecule has 6 nitrogen and oxygen atoms in total. The van der Waals surface area contributed by atoms with E-state index in [0.29, 0.717) is 26.4 Å². The summed E-state index contributed by atoms with van der Waals surface area (Å²) in [4.78, 5) is 23.2. The van der Waals surface area contributed by atoms with Crippen LogP contribution in [-0.2, 0) is 6.61 Å². The molecule has 9 heteroatoms. The Morgan fingerprint density at radius 1 is 1.06 bits per heavy atom. The number of benzene rings is 3. The molecule has 0 saturated carbocycles. The Hall–Kier alpha value is -3.37. The van der Waals surface area contributed by atoms with Gasteiger partial charge in [-0.25, -0.2) is 0 Å². The maximum absolute atomic E-state index is 12.8. The molecule has 0 spiro atoms. The predicted molar refractivity (Wildman–Crippen MR) is 123 cm³/mol. The van der Waals surface area contributed by atoms with Crippen LogP contribution in [0, 0.1) is 21.4 Å². The summed E-state index contributed by atoms with van der Waals surface area (Å²) in [7, 11) is 0. The number of nitrogens with zero attached hydrogens (tertiary/aromatic N) is 2. The standard InChI is InChI=1S/C23H13Cl3N2O4/c24-18-5-7-22(32-13-14-4-6-20(25)21(26)8-14)16(10-18)9-17(12-27)23(29)15-2-1-3-19(11-15)28(30)31/h1-11H,13H2. The molecule has 0 fully saturated rings. The molecule has 0 atom stereocenters. The molecule has 3 aromatic carbocycles. The number of ketones is 1. The van der Waals surface area contributed by atoms with Gasteiger partial charge in [-0.1, -0.05) is 53.0 Å². The first kappa shape index (κ1) is 23.3. The number of allylic oxidation sites excluding steroid dienone is 1. The van der Waals surface area contributed by atoms with Gasteiger partial charge in [0.25, 0.3) is 5.69 Å².